The van der Waals surface area contributed by atoms with E-state index in [9.17, 15) is 18.9 Å². The van der Waals surface area contributed by atoms with Crippen LogP contribution >= 0.6 is 0 Å². The average Bonchev–Trinajstić information content (AvgIpc) is 2.20. The molecular formula is C8H6F2N4O2. The van der Waals surface area contributed by atoms with Gasteiger partial charge in [-0.3, -0.25) is 10.1 Å². The number of aromatic nitrogens is 1. The zero-order chi connectivity index (χ0) is 12.3. The molecule has 0 fully saturated rings. The molecular weight excluding hydrogens is 222 g/mol. The van der Waals surface area contributed by atoms with Gasteiger partial charge in [-0.15, -0.1) is 0 Å². The van der Waals surface area contributed by atoms with Gasteiger partial charge in [0, 0.05) is 6.07 Å². The van der Waals surface area contributed by atoms with Crippen LogP contribution in [0.3, 0.4) is 0 Å². The standard InChI is InChI=1S/C8H6F2N4O2/c9-7(10)5-3-6(14(15)16)4(1-2-11)8(12)13-5/h3,7H,1H2,(H2,12,13). The minimum absolute atomic E-state index is 0.142. The molecule has 0 spiro atoms. The van der Waals surface area contributed by atoms with E-state index < -0.39 is 28.5 Å². The summed E-state index contributed by atoms with van der Waals surface area (Å²) in [7, 11) is 0. The Morgan fingerprint density at radius 3 is 2.75 bits per heavy atom. The van der Waals surface area contributed by atoms with Gasteiger partial charge in [-0.1, -0.05) is 0 Å². The fourth-order valence-electron chi connectivity index (χ4n) is 1.13. The largest absolute Gasteiger partial charge is 0.383 e. The summed E-state index contributed by atoms with van der Waals surface area (Å²) in [4.78, 5) is 13.0. The minimum atomic E-state index is -2.95. The van der Waals surface area contributed by atoms with Crippen LogP contribution in [0.4, 0.5) is 20.3 Å². The molecule has 1 aromatic rings. The summed E-state index contributed by atoms with van der Waals surface area (Å²) in [6.07, 6.45) is -3.30. The molecule has 6 nitrogen and oxygen atoms in total. The lowest BCUT2D eigenvalue weighted by Crippen LogP contribution is -2.05. The third kappa shape index (κ3) is 2.20. The quantitative estimate of drug-likeness (QED) is 0.624. The Morgan fingerprint density at radius 2 is 2.31 bits per heavy atom. The smallest absolute Gasteiger partial charge is 0.280 e. The number of pyridine rings is 1. The van der Waals surface area contributed by atoms with Gasteiger partial charge in [-0.2, -0.15) is 5.26 Å². The Labute approximate surface area is 88.5 Å². The molecule has 2 N–H and O–H groups in total. The lowest BCUT2D eigenvalue weighted by molar-refractivity contribution is -0.385. The van der Waals surface area contributed by atoms with Crippen LogP contribution < -0.4 is 5.73 Å². The lowest BCUT2D eigenvalue weighted by atomic mass is 10.1. The second-order valence-electron chi connectivity index (χ2n) is 2.82. The number of nitro groups is 1. The minimum Gasteiger partial charge on any atom is -0.383 e. The van der Waals surface area contributed by atoms with Gasteiger partial charge in [0.05, 0.1) is 23.0 Å². The number of nitrogen functional groups attached to an aromatic ring is 1. The number of hydrogen-bond donors (Lipinski definition) is 1. The lowest BCUT2D eigenvalue weighted by Gasteiger charge is -2.05. The van der Waals surface area contributed by atoms with Crippen LogP contribution in [0.25, 0.3) is 0 Å². The van der Waals surface area contributed by atoms with Crippen molar-refractivity contribution < 1.29 is 13.7 Å². The third-order valence-electron chi connectivity index (χ3n) is 1.83. The SMILES string of the molecule is N#CCc1c([N+](=O)[O-])cc(C(F)F)nc1N. The molecule has 0 aliphatic rings. The van der Waals surface area contributed by atoms with Crippen LogP contribution in [0.1, 0.15) is 17.7 Å². The number of rotatable bonds is 3. The van der Waals surface area contributed by atoms with Crippen LogP contribution in [0.15, 0.2) is 6.07 Å². The number of nitrogens with zero attached hydrogens (tertiary/aromatic N) is 3. The van der Waals surface area contributed by atoms with Crippen molar-refractivity contribution >= 4 is 11.5 Å². The van der Waals surface area contributed by atoms with Crippen LogP contribution in [-0.2, 0) is 6.42 Å². The van der Waals surface area contributed by atoms with Gasteiger partial charge in [-0.05, 0) is 0 Å². The van der Waals surface area contributed by atoms with Crippen molar-refractivity contribution in [3.63, 3.8) is 0 Å². The molecule has 0 radical (unpaired) electrons. The number of nitriles is 1. The maximum atomic E-state index is 12.3. The van der Waals surface area contributed by atoms with E-state index in [2.05, 4.69) is 4.98 Å². The van der Waals surface area contributed by atoms with Gasteiger partial charge in [0.15, 0.2) is 0 Å². The molecule has 1 heterocycles. The first-order valence-electron chi connectivity index (χ1n) is 4.06. The monoisotopic (exact) mass is 228 g/mol. The van der Waals surface area contributed by atoms with E-state index in [4.69, 9.17) is 11.0 Å². The van der Waals surface area contributed by atoms with E-state index >= 15 is 0 Å². The molecule has 1 rings (SSSR count). The molecule has 0 atom stereocenters. The average molecular weight is 228 g/mol. The zero-order valence-electron chi connectivity index (χ0n) is 7.85. The number of nitrogens with two attached hydrogens (primary N) is 1. The van der Waals surface area contributed by atoms with E-state index in [1.807, 2.05) is 0 Å². The molecule has 84 valence electrons. The van der Waals surface area contributed by atoms with Crippen molar-refractivity contribution in [3.8, 4) is 6.07 Å². The Morgan fingerprint density at radius 1 is 1.69 bits per heavy atom. The second-order valence-corrected chi connectivity index (χ2v) is 2.82. The van der Waals surface area contributed by atoms with Crippen LogP contribution in [0.5, 0.6) is 0 Å². The molecule has 0 bridgehead atoms. The molecule has 0 aliphatic heterocycles. The molecule has 0 saturated heterocycles. The van der Waals surface area contributed by atoms with Crippen molar-refractivity contribution in [2.75, 3.05) is 5.73 Å². The van der Waals surface area contributed by atoms with E-state index in [0.29, 0.717) is 6.07 Å². The maximum absolute atomic E-state index is 12.3. The molecule has 0 unspecified atom stereocenters. The predicted octanol–water partition coefficient (Wildman–Crippen LogP) is 1.58. The summed E-state index contributed by atoms with van der Waals surface area (Å²) in [5.41, 5.74) is 3.76. The number of hydrogen-bond acceptors (Lipinski definition) is 5. The van der Waals surface area contributed by atoms with E-state index in [1.165, 1.54) is 0 Å². The van der Waals surface area contributed by atoms with Crippen LogP contribution in [0.2, 0.25) is 0 Å². The van der Waals surface area contributed by atoms with Gasteiger partial charge < -0.3 is 5.73 Å². The summed E-state index contributed by atoms with van der Waals surface area (Å²) in [5, 5.41) is 19.0. The van der Waals surface area contributed by atoms with Gasteiger partial charge in [0.2, 0.25) is 0 Å². The first kappa shape index (κ1) is 11.8. The number of alkyl halides is 2. The van der Waals surface area contributed by atoms with Crippen molar-refractivity contribution in [1.29, 1.82) is 5.26 Å². The topological polar surface area (TPSA) is 106 Å². The Bertz CT molecular complexity index is 470. The van der Waals surface area contributed by atoms with Crippen molar-refractivity contribution in [2.45, 2.75) is 12.8 Å². The van der Waals surface area contributed by atoms with E-state index in [0.717, 1.165) is 0 Å². The highest BCUT2D eigenvalue weighted by molar-refractivity contribution is 5.55. The van der Waals surface area contributed by atoms with Gasteiger partial charge in [-0.25, -0.2) is 13.8 Å². The molecule has 0 aromatic carbocycles. The predicted molar refractivity (Wildman–Crippen MR) is 49.6 cm³/mol. The van der Waals surface area contributed by atoms with Gasteiger partial charge in [0.25, 0.3) is 12.1 Å². The van der Waals surface area contributed by atoms with Gasteiger partial charge in [0.1, 0.15) is 11.5 Å². The Balaban J connectivity index is 3.40. The fourth-order valence-corrected chi connectivity index (χ4v) is 1.13. The van der Waals surface area contributed by atoms with E-state index in [-0.39, 0.29) is 12.0 Å². The van der Waals surface area contributed by atoms with Crippen molar-refractivity contribution in [2.24, 2.45) is 0 Å². The number of halogens is 2. The fraction of sp³-hybridized carbons (Fsp3) is 0.250. The van der Waals surface area contributed by atoms with Crippen molar-refractivity contribution in [3.05, 3.63) is 27.4 Å². The molecule has 8 heteroatoms. The summed E-state index contributed by atoms with van der Waals surface area (Å²) in [5.74, 6) is -0.411. The molecule has 1 aromatic heterocycles. The first-order chi connectivity index (χ1) is 7.47. The van der Waals surface area contributed by atoms with Gasteiger partial charge >= 0.3 is 0 Å². The summed E-state index contributed by atoms with van der Waals surface area (Å²) < 4.78 is 24.6. The third-order valence-corrected chi connectivity index (χ3v) is 1.83. The number of anilines is 1. The Hall–Kier alpha value is -2.30. The normalized spacial score (nSPS) is 10.1. The summed E-state index contributed by atoms with van der Waals surface area (Å²) in [6.45, 7) is 0. The summed E-state index contributed by atoms with van der Waals surface area (Å²) >= 11 is 0. The van der Waals surface area contributed by atoms with E-state index in [1.54, 1.807) is 6.07 Å². The second kappa shape index (κ2) is 4.48. The molecule has 0 aliphatic carbocycles. The molecule has 0 saturated carbocycles. The Kier molecular flexibility index (Phi) is 3.30. The highest BCUT2D eigenvalue weighted by Crippen LogP contribution is 2.28. The van der Waals surface area contributed by atoms with Crippen LogP contribution in [0, 0.1) is 21.4 Å². The molecule has 16 heavy (non-hydrogen) atoms. The summed E-state index contributed by atoms with van der Waals surface area (Å²) in [6, 6.07) is 2.29. The van der Waals surface area contributed by atoms with Crippen LogP contribution in [-0.4, -0.2) is 9.91 Å². The maximum Gasteiger partial charge on any atom is 0.280 e. The van der Waals surface area contributed by atoms with Crippen molar-refractivity contribution in [1.82, 2.24) is 4.98 Å². The first-order valence-corrected chi connectivity index (χ1v) is 4.06. The zero-order valence-corrected chi connectivity index (χ0v) is 7.85. The highest BCUT2D eigenvalue weighted by atomic mass is 19.3. The molecule has 0 amide bonds. The highest BCUT2D eigenvalue weighted by Gasteiger charge is 2.22.